The van der Waals surface area contributed by atoms with Crippen LogP contribution in [0.3, 0.4) is 0 Å². The molecule has 7 heteroatoms. The largest absolute Gasteiger partial charge is 0.484 e. The summed E-state index contributed by atoms with van der Waals surface area (Å²) in [6, 6.07) is 11.2. The molecule has 0 aliphatic carbocycles. The quantitative estimate of drug-likeness (QED) is 0.789. The van der Waals surface area contributed by atoms with Crippen molar-refractivity contribution in [2.45, 2.75) is 12.6 Å². The molecule has 0 saturated carbocycles. The van der Waals surface area contributed by atoms with Crippen molar-refractivity contribution < 1.29 is 18.8 Å². The Labute approximate surface area is 132 Å². The maximum atomic E-state index is 9.41. The van der Waals surface area contributed by atoms with E-state index in [0.717, 1.165) is 11.4 Å². The molecule has 3 aromatic rings. The second kappa shape index (κ2) is 5.77. The third-order valence-corrected chi connectivity index (χ3v) is 3.66. The Morgan fingerprint density at radius 1 is 1.22 bits per heavy atom. The Hall–Kier alpha value is -2.80. The molecular weight excluding hydrogens is 298 g/mol. The van der Waals surface area contributed by atoms with E-state index in [0.29, 0.717) is 30.6 Å². The molecule has 23 heavy (non-hydrogen) atoms. The zero-order valence-corrected chi connectivity index (χ0v) is 12.3. The average Bonchev–Trinajstić information content (AvgIpc) is 3.26. The molecule has 0 bridgehead atoms. The zero-order chi connectivity index (χ0) is 15.6. The van der Waals surface area contributed by atoms with Crippen molar-refractivity contribution in [2.24, 2.45) is 0 Å². The summed E-state index contributed by atoms with van der Waals surface area (Å²) in [6.45, 7) is 0.933. The van der Waals surface area contributed by atoms with Gasteiger partial charge in [-0.25, -0.2) is 0 Å². The normalized spacial score (nSPS) is 16.9. The van der Waals surface area contributed by atoms with Gasteiger partial charge in [0.25, 0.3) is 0 Å². The van der Waals surface area contributed by atoms with Gasteiger partial charge in [-0.2, -0.15) is 4.98 Å². The van der Waals surface area contributed by atoms with Gasteiger partial charge in [-0.05, 0) is 24.3 Å². The van der Waals surface area contributed by atoms with E-state index >= 15 is 0 Å². The maximum Gasteiger partial charge on any atom is 0.246 e. The molecule has 1 aliphatic heterocycles. The number of rotatable bonds is 4. The predicted molar refractivity (Wildman–Crippen MR) is 81.0 cm³/mol. The summed E-state index contributed by atoms with van der Waals surface area (Å²) in [5.74, 6) is 2.20. The van der Waals surface area contributed by atoms with E-state index in [4.69, 9.17) is 13.7 Å². The molecule has 1 aromatic carbocycles. The van der Waals surface area contributed by atoms with E-state index in [9.17, 15) is 5.11 Å². The molecule has 4 rings (SSSR count). The SMILES string of the molecule is OCC1CN(Cc2nc(-c3ccco3)no2)c2ccccc2O1. The summed E-state index contributed by atoms with van der Waals surface area (Å²) in [6.07, 6.45) is 1.28. The van der Waals surface area contributed by atoms with Crippen LogP contribution in [0.15, 0.2) is 51.6 Å². The molecule has 0 amide bonds. The van der Waals surface area contributed by atoms with Crippen molar-refractivity contribution >= 4 is 5.69 Å². The number of aliphatic hydroxyl groups is 1. The van der Waals surface area contributed by atoms with E-state index in [1.807, 2.05) is 24.3 Å². The highest BCUT2D eigenvalue weighted by molar-refractivity contribution is 5.60. The van der Waals surface area contributed by atoms with Gasteiger partial charge in [0, 0.05) is 0 Å². The van der Waals surface area contributed by atoms with Crippen molar-refractivity contribution in [2.75, 3.05) is 18.1 Å². The third kappa shape index (κ3) is 2.66. The first-order chi connectivity index (χ1) is 11.3. The number of nitrogens with zero attached hydrogens (tertiary/aromatic N) is 3. The summed E-state index contributed by atoms with van der Waals surface area (Å²) >= 11 is 0. The topological polar surface area (TPSA) is 84.8 Å². The highest BCUT2D eigenvalue weighted by Gasteiger charge is 2.26. The van der Waals surface area contributed by atoms with Gasteiger partial charge in [0.1, 0.15) is 11.9 Å². The minimum Gasteiger partial charge on any atom is -0.484 e. The first-order valence-electron chi connectivity index (χ1n) is 7.31. The lowest BCUT2D eigenvalue weighted by molar-refractivity contribution is 0.111. The highest BCUT2D eigenvalue weighted by atomic mass is 16.5. The van der Waals surface area contributed by atoms with Crippen molar-refractivity contribution in [3.63, 3.8) is 0 Å². The van der Waals surface area contributed by atoms with Crippen LogP contribution < -0.4 is 9.64 Å². The summed E-state index contributed by atoms with van der Waals surface area (Å²) in [4.78, 5) is 6.41. The minimum atomic E-state index is -0.280. The van der Waals surface area contributed by atoms with Crippen LogP contribution in [0.1, 0.15) is 5.89 Å². The number of fused-ring (bicyclic) bond motifs is 1. The molecule has 3 heterocycles. The van der Waals surface area contributed by atoms with Gasteiger partial charge in [-0.3, -0.25) is 0 Å². The van der Waals surface area contributed by atoms with E-state index in [2.05, 4.69) is 15.0 Å². The molecule has 0 radical (unpaired) electrons. The zero-order valence-electron chi connectivity index (χ0n) is 12.3. The van der Waals surface area contributed by atoms with Crippen LogP contribution in [-0.4, -0.2) is 34.5 Å². The predicted octanol–water partition coefficient (Wildman–Crippen LogP) is 2.09. The van der Waals surface area contributed by atoms with Crippen LogP contribution in [0.25, 0.3) is 11.6 Å². The van der Waals surface area contributed by atoms with Crippen LogP contribution in [0.4, 0.5) is 5.69 Å². The van der Waals surface area contributed by atoms with Crippen molar-refractivity contribution in [3.05, 3.63) is 48.6 Å². The fourth-order valence-corrected chi connectivity index (χ4v) is 2.61. The number of ether oxygens (including phenoxy) is 1. The number of furan rings is 1. The van der Waals surface area contributed by atoms with E-state index in [-0.39, 0.29) is 12.7 Å². The van der Waals surface area contributed by atoms with Crippen LogP contribution >= 0.6 is 0 Å². The van der Waals surface area contributed by atoms with E-state index in [1.54, 1.807) is 18.4 Å². The lowest BCUT2D eigenvalue weighted by atomic mass is 10.2. The van der Waals surface area contributed by atoms with E-state index < -0.39 is 0 Å². The van der Waals surface area contributed by atoms with Crippen LogP contribution in [0.2, 0.25) is 0 Å². The monoisotopic (exact) mass is 313 g/mol. The van der Waals surface area contributed by atoms with Crippen molar-refractivity contribution in [1.82, 2.24) is 10.1 Å². The number of benzene rings is 1. The second-order valence-electron chi connectivity index (χ2n) is 5.26. The van der Waals surface area contributed by atoms with Gasteiger partial charge in [0.05, 0.1) is 31.6 Å². The lowest BCUT2D eigenvalue weighted by Gasteiger charge is -2.34. The fourth-order valence-electron chi connectivity index (χ4n) is 2.61. The number of hydrogen-bond acceptors (Lipinski definition) is 7. The molecule has 1 aliphatic rings. The standard InChI is InChI=1S/C16H15N3O4/c20-10-11-8-19(12-4-1-2-5-13(12)22-11)9-15-17-16(18-23-15)14-6-3-7-21-14/h1-7,11,20H,8-10H2. The van der Waals surface area contributed by atoms with Gasteiger partial charge < -0.3 is 23.7 Å². The maximum absolute atomic E-state index is 9.41. The molecule has 0 spiro atoms. The Morgan fingerprint density at radius 3 is 2.96 bits per heavy atom. The van der Waals surface area contributed by atoms with Crippen LogP contribution in [0.5, 0.6) is 5.75 Å². The molecule has 1 unspecified atom stereocenters. The first-order valence-corrected chi connectivity index (χ1v) is 7.31. The van der Waals surface area contributed by atoms with Gasteiger partial charge in [-0.1, -0.05) is 17.3 Å². The van der Waals surface area contributed by atoms with Crippen molar-refractivity contribution in [3.8, 4) is 17.3 Å². The second-order valence-corrected chi connectivity index (χ2v) is 5.26. The first kappa shape index (κ1) is 13.8. The minimum absolute atomic E-state index is 0.0493. The van der Waals surface area contributed by atoms with Gasteiger partial charge in [0.2, 0.25) is 11.7 Å². The number of para-hydroxylation sites is 2. The Morgan fingerprint density at radius 2 is 2.13 bits per heavy atom. The summed E-state index contributed by atoms with van der Waals surface area (Å²) < 4.78 is 16.3. The molecule has 118 valence electrons. The van der Waals surface area contributed by atoms with E-state index in [1.165, 1.54) is 0 Å². The lowest BCUT2D eigenvalue weighted by Crippen LogP contribution is -2.41. The number of aliphatic hydroxyl groups excluding tert-OH is 1. The molecule has 0 fully saturated rings. The smallest absolute Gasteiger partial charge is 0.246 e. The summed E-state index contributed by atoms with van der Waals surface area (Å²) in [5, 5.41) is 13.3. The fraction of sp³-hybridized carbons (Fsp3) is 0.250. The Balaban J connectivity index is 1.58. The Kier molecular flexibility index (Phi) is 3.47. The molecule has 1 atom stereocenters. The molecule has 1 N–H and O–H groups in total. The van der Waals surface area contributed by atoms with Gasteiger partial charge >= 0.3 is 0 Å². The van der Waals surface area contributed by atoms with Crippen LogP contribution in [0, 0.1) is 0 Å². The third-order valence-electron chi connectivity index (χ3n) is 3.66. The average molecular weight is 313 g/mol. The Bertz CT molecular complexity index is 784. The van der Waals surface area contributed by atoms with Crippen LogP contribution in [-0.2, 0) is 6.54 Å². The summed E-state index contributed by atoms with van der Waals surface area (Å²) in [5.41, 5.74) is 0.940. The molecule has 7 nitrogen and oxygen atoms in total. The van der Waals surface area contributed by atoms with Crippen molar-refractivity contribution in [1.29, 1.82) is 0 Å². The van der Waals surface area contributed by atoms with Gasteiger partial charge in [0.15, 0.2) is 5.76 Å². The molecule has 2 aromatic heterocycles. The molecular formula is C16H15N3O4. The number of hydrogen-bond donors (Lipinski definition) is 1. The summed E-state index contributed by atoms with van der Waals surface area (Å²) in [7, 11) is 0. The highest BCUT2D eigenvalue weighted by Crippen LogP contribution is 2.33. The number of anilines is 1. The number of aromatic nitrogens is 2. The molecule has 0 saturated heterocycles. The van der Waals surface area contributed by atoms with Gasteiger partial charge in [-0.15, -0.1) is 0 Å².